The largest absolute Gasteiger partial charge is 0.396 e. The number of aromatic nitrogens is 1. The van der Waals surface area contributed by atoms with Crippen molar-refractivity contribution in [3.05, 3.63) is 23.7 Å². The Kier molecular flexibility index (Phi) is 4.19. The van der Waals surface area contributed by atoms with Crippen molar-refractivity contribution in [2.24, 2.45) is 5.41 Å². The molecule has 2 aromatic rings. The average molecular weight is 264 g/mol. The molecule has 2 heterocycles. The lowest BCUT2D eigenvalue weighted by Gasteiger charge is -2.29. The summed E-state index contributed by atoms with van der Waals surface area (Å²) in [7, 11) is 0. The zero-order valence-corrected chi connectivity index (χ0v) is 11.8. The smallest absolute Gasteiger partial charge is 0.134 e. The van der Waals surface area contributed by atoms with Crippen LogP contribution in [0.1, 0.15) is 26.7 Å². The zero-order chi connectivity index (χ0) is 13.0. The van der Waals surface area contributed by atoms with Crippen molar-refractivity contribution in [1.82, 2.24) is 4.98 Å². The Labute approximate surface area is 112 Å². The molecule has 0 spiro atoms. The average Bonchev–Trinajstić information content (AvgIpc) is 2.90. The number of anilines is 1. The van der Waals surface area contributed by atoms with Gasteiger partial charge in [0.1, 0.15) is 5.82 Å². The van der Waals surface area contributed by atoms with Gasteiger partial charge in [-0.2, -0.15) is 0 Å². The molecule has 0 aromatic carbocycles. The van der Waals surface area contributed by atoms with E-state index in [1.807, 2.05) is 12.3 Å². The Morgan fingerprint density at radius 1 is 1.33 bits per heavy atom. The van der Waals surface area contributed by atoms with E-state index in [1.165, 1.54) is 10.1 Å². The van der Waals surface area contributed by atoms with E-state index in [4.69, 9.17) is 0 Å². The second kappa shape index (κ2) is 5.67. The summed E-state index contributed by atoms with van der Waals surface area (Å²) in [6, 6.07) is 4.12. The molecule has 0 aliphatic heterocycles. The van der Waals surface area contributed by atoms with E-state index in [0.717, 1.165) is 25.2 Å². The maximum Gasteiger partial charge on any atom is 0.134 e. The van der Waals surface area contributed by atoms with Crippen LogP contribution in [-0.4, -0.2) is 23.2 Å². The lowest BCUT2D eigenvalue weighted by atomic mass is 9.83. The number of fused-ring (bicyclic) bond motifs is 1. The van der Waals surface area contributed by atoms with Gasteiger partial charge in [0, 0.05) is 28.2 Å². The van der Waals surface area contributed by atoms with Crippen molar-refractivity contribution in [3.63, 3.8) is 0 Å². The number of hydrogen-bond donors (Lipinski definition) is 2. The molecule has 3 nitrogen and oxygen atoms in total. The van der Waals surface area contributed by atoms with Crippen molar-refractivity contribution in [2.45, 2.75) is 26.7 Å². The van der Waals surface area contributed by atoms with Gasteiger partial charge in [-0.25, -0.2) is 4.98 Å². The highest BCUT2D eigenvalue weighted by Gasteiger charge is 2.25. The number of nitrogens with zero attached hydrogens (tertiary/aromatic N) is 1. The van der Waals surface area contributed by atoms with Crippen LogP contribution in [0, 0.1) is 5.41 Å². The van der Waals surface area contributed by atoms with Gasteiger partial charge in [0.15, 0.2) is 0 Å². The number of thiophene rings is 1. The first-order valence-electron chi connectivity index (χ1n) is 6.41. The van der Waals surface area contributed by atoms with E-state index in [2.05, 4.69) is 35.6 Å². The van der Waals surface area contributed by atoms with Crippen LogP contribution in [0.25, 0.3) is 10.1 Å². The Hall–Kier alpha value is -1.13. The van der Waals surface area contributed by atoms with E-state index in [-0.39, 0.29) is 12.0 Å². The zero-order valence-electron chi connectivity index (χ0n) is 10.9. The first-order chi connectivity index (χ1) is 8.74. The maximum atomic E-state index is 9.57. The minimum absolute atomic E-state index is 0.0418. The third-order valence-corrected chi connectivity index (χ3v) is 4.73. The second-order valence-electron chi connectivity index (χ2n) is 4.71. The van der Waals surface area contributed by atoms with Gasteiger partial charge in [-0.05, 0) is 30.4 Å². The molecule has 0 amide bonds. The highest BCUT2D eigenvalue weighted by atomic mass is 32.1. The number of rotatable bonds is 6. The summed E-state index contributed by atoms with van der Waals surface area (Å²) in [4.78, 5) is 4.40. The highest BCUT2D eigenvalue weighted by molar-refractivity contribution is 7.17. The normalized spacial score (nSPS) is 11.9. The molecule has 0 bridgehead atoms. The molecule has 0 fully saturated rings. The van der Waals surface area contributed by atoms with Gasteiger partial charge in [0.25, 0.3) is 0 Å². The molecule has 2 N–H and O–H groups in total. The van der Waals surface area contributed by atoms with Crippen molar-refractivity contribution >= 4 is 27.2 Å². The third-order valence-electron chi connectivity index (χ3n) is 3.85. The molecule has 18 heavy (non-hydrogen) atoms. The summed E-state index contributed by atoms with van der Waals surface area (Å²) < 4.78 is 1.25. The number of nitrogens with one attached hydrogen (secondary N) is 1. The van der Waals surface area contributed by atoms with E-state index >= 15 is 0 Å². The van der Waals surface area contributed by atoms with Crippen LogP contribution >= 0.6 is 11.3 Å². The fourth-order valence-electron chi connectivity index (χ4n) is 2.09. The minimum Gasteiger partial charge on any atom is -0.396 e. The van der Waals surface area contributed by atoms with Crippen LogP contribution in [0.5, 0.6) is 0 Å². The topological polar surface area (TPSA) is 45.1 Å². The van der Waals surface area contributed by atoms with Crippen LogP contribution in [0.2, 0.25) is 0 Å². The molecule has 2 rings (SSSR count). The van der Waals surface area contributed by atoms with E-state index < -0.39 is 0 Å². The Morgan fingerprint density at radius 2 is 2.11 bits per heavy atom. The number of pyridine rings is 1. The summed E-state index contributed by atoms with van der Waals surface area (Å²) in [5, 5.41) is 16.2. The lowest BCUT2D eigenvalue weighted by molar-refractivity contribution is 0.127. The van der Waals surface area contributed by atoms with Gasteiger partial charge in [0.2, 0.25) is 0 Å². The third kappa shape index (κ3) is 2.49. The Bertz CT molecular complexity index is 497. The molecule has 98 valence electrons. The molecule has 0 aliphatic rings. The molecular weight excluding hydrogens is 244 g/mol. The number of aliphatic hydroxyl groups is 1. The molecular formula is C14H20N2OS. The molecule has 0 aliphatic carbocycles. The monoisotopic (exact) mass is 264 g/mol. The SMILES string of the molecule is CCC(CC)(CO)CNc1nccc2sccc12. The van der Waals surface area contributed by atoms with Gasteiger partial charge in [-0.15, -0.1) is 11.3 Å². The molecule has 2 aromatic heterocycles. The van der Waals surface area contributed by atoms with Gasteiger partial charge in [-0.3, -0.25) is 0 Å². The Morgan fingerprint density at radius 3 is 2.78 bits per heavy atom. The van der Waals surface area contributed by atoms with Crippen LogP contribution < -0.4 is 5.32 Å². The van der Waals surface area contributed by atoms with Gasteiger partial charge < -0.3 is 10.4 Å². The lowest BCUT2D eigenvalue weighted by Crippen LogP contribution is -2.32. The van der Waals surface area contributed by atoms with E-state index in [1.54, 1.807) is 11.3 Å². The standard InChI is InChI=1S/C14H20N2OS/c1-3-14(4-2,10-17)9-16-13-11-6-8-18-12(11)5-7-15-13/h5-8,17H,3-4,9-10H2,1-2H3,(H,15,16). The first kappa shape index (κ1) is 13.3. The van der Waals surface area contributed by atoms with Crippen molar-refractivity contribution in [3.8, 4) is 0 Å². The molecule has 4 heteroatoms. The maximum absolute atomic E-state index is 9.57. The minimum atomic E-state index is -0.0418. The fraction of sp³-hybridized carbons (Fsp3) is 0.500. The van der Waals surface area contributed by atoms with Crippen molar-refractivity contribution in [1.29, 1.82) is 0 Å². The van der Waals surface area contributed by atoms with Crippen LogP contribution in [0.3, 0.4) is 0 Å². The number of hydrogen-bond acceptors (Lipinski definition) is 4. The first-order valence-corrected chi connectivity index (χ1v) is 7.29. The highest BCUT2D eigenvalue weighted by Crippen LogP contribution is 2.29. The van der Waals surface area contributed by atoms with Gasteiger partial charge in [0.05, 0.1) is 6.61 Å². The van der Waals surface area contributed by atoms with E-state index in [9.17, 15) is 5.11 Å². The fourth-order valence-corrected chi connectivity index (χ4v) is 2.87. The molecule has 0 saturated carbocycles. The van der Waals surface area contributed by atoms with Crippen LogP contribution in [0.15, 0.2) is 23.7 Å². The summed E-state index contributed by atoms with van der Waals surface area (Å²) in [5.41, 5.74) is -0.0418. The van der Waals surface area contributed by atoms with Gasteiger partial charge in [-0.1, -0.05) is 13.8 Å². The second-order valence-corrected chi connectivity index (χ2v) is 5.66. The predicted molar refractivity (Wildman–Crippen MR) is 78.2 cm³/mol. The van der Waals surface area contributed by atoms with Crippen molar-refractivity contribution in [2.75, 3.05) is 18.5 Å². The summed E-state index contributed by atoms with van der Waals surface area (Å²) in [6.07, 6.45) is 3.76. The quantitative estimate of drug-likeness (QED) is 0.839. The Balaban J connectivity index is 2.17. The van der Waals surface area contributed by atoms with Crippen LogP contribution in [-0.2, 0) is 0 Å². The summed E-state index contributed by atoms with van der Waals surface area (Å²) >= 11 is 1.72. The molecule has 0 unspecified atom stereocenters. The predicted octanol–water partition coefficient (Wildman–Crippen LogP) is 3.51. The number of aliphatic hydroxyl groups excluding tert-OH is 1. The molecule has 0 radical (unpaired) electrons. The summed E-state index contributed by atoms with van der Waals surface area (Å²) in [6.45, 7) is 5.23. The van der Waals surface area contributed by atoms with Crippen LogP contribution in [0.4, 0.5) is 5.82 Å². The summed E-state index contributed by atoms with van der Waals surface area (Å²) in [5.74, 6) is 0.925. The molecule has 0 atom stereocenters. The molecule has 0 saturated heterocycles. The van der Waals surface area contributed by atoms with Crippen molar-refractivity contribution < 1.29 is 5.11 Å². The van der Waals surface area contributed by atoms with Gasteiger partial charge >= 0.3 is 0 Å². The van der Waals surface area contributed by atoms with E-state index in [0.29, 0.717) is 0 Å².